The van der Waals surface area contributed by atoms with Crippen LogP contribution in [0.3, 0.4) is 0 Å². The molecule has 1 heterocycles. The Morgan fingerprint density at radius 1 is 0.949 bits per heavy atom. The van der Waals surface area contributed by atoms with Gasteiger partial charge in [0.15, 0.2) is 0 Å². The van der Waals surface area contributed by atoms with Gasteiger partial charge in [-0.15, -0.1) is 0 Å². The number of ketones is 1. The SMILES string of the molecule is COC(=O)c1ccc(CN2C(=O)C(=O)/C(=C(/O)c3ccc(OCC(C)C)c(C)c3)C2c2ccccc2C)cc1. The zero-order valence-corrected chi connectivity index (χ0v) is 22.9. The Kier molecular flexibility index (Phi) is 8.19. The second-order valence-electron chi connectivity index (χ2n) is 10.2. The molecule has 0 radical (unpaired) electrons. The van der Waals surface area contributed by atoms with Gasteiger partial charge in [-0.3, -0.25) is 9.59 Å². The molecule has 1 atom stereocenters. The van der Waals surface area contributed by atoms with Gasteiger partial charge in [-0.05, 0) is 72.4 Å². The monoisotopic (exact) mass is 527 g/mol. The van der Waals surface area contributed by atoms with E-state index in [0.29, 0.717) is 29.4 Å². The van der Waals surface area contributed by atoms with Crippen LogP contribution < -0.4 is 4.74 Å². The van der Waals surface area contributed by atoms with E-state index < -0.39 is 23.7 Å². The molecule has 0 aliphatic carbocycles. The fraction of sp³-hybridized carbons (Fsp3) is 0.281. The number of benzene rings is 3. The van der Waals surface area contributed by atoms with E-state index in [4.69, 9.17) is 9.47 Å². The molecule has 1 fully saturated rings. The molecule has 1 aliphatic heterocycles. The number of nitrogens with zero attached hydrogens (tertiary/aromatic N) is 1. The lowest BCUT2D eigenvalue weighted by Crippen LogP contribution is -2.29. The van der Waals surface area contributed by atoms with Gasteiger partial charge >= 0.3 is 5.97 Å². The van der Waals surface area contributed by atoms with E-state index in [1.807, 2.05) is 38.1 Å². The normalized spacial score (nSPS) is 16.6. The first-order valence-corrected chi connectivity index (χ1v) is 12.9. The van der Waals surface area contributed by atoms with E-state index in [1.165, 1.54) is 12.0 Å². The van der Waals surface area contributed by atoms with Crippen LogP contribution in [0.1, 0.15) is 58.1 Å². The predicted octanol–water partition coefficient (Wildman–Crippen LogP) is 5.75. The molecule has 0 spiro atoms. The number of carbonyl (C=O) groups is 3. The van der Waals surface area contributed by atoms with Crippen molar-refractivity contribution in [1.29, 1.82) is 0 Å². The zero-order chi connectivity index (χ0) is 28.3. The van der Waals surface area contributed by atoms with Crippen LogP contribution in [0.25, 0.3) is 5.76 Å². The summed E-state index contributed by atoms with van der Waals surface area (Å²) in [5, 5.41) is 11.5. The molecule has 3 aromatic rings. The van der Waals surface area contributed by atoms with E-state index in [-0.39, 0.29) is 17.9 Å². The Balaban J connectivity index is 1.77. The number of esters is 1. The maximum absolute atomic E-state index is 13.4. The minimum Gasteiger partial charge on any atom is -0.507 e. The van der Waals surface area contributed by atoms with Crippen molar-refractivity contribution in [2.75, 3.05) is 13.7 Å². The second-order valence-corrected chi connectivity index (χ2v) is 10.2. The molecule has 0 bridgehead atoms. The summed E-state index contributed by atoms with van der Waals surface area (Å²) in [5.41, 5.74) is 4.03. The van der Waals surface area contributed by atoms with Crippen molar-refractivity contribution >= 4 is 23.4 Å². The quantitative estimate of drug-likeness (QED) is 0.174. The molecule has 0 aromatic heterocycles. The summed E-state index contributed by atoms with van der Waals surface area (Å²) >= 11 is 0. The molecular weight excluding hydrogens is 494 g/mol. The molecule has 1 saturated heterocycles. The molecule has 1 unspecified atom stereocenters. The van der Waals surface area contributed by atoms with Crippen LogP contribution >= 0.6 is 0 Å². The average Bonchev–Trinajstić information content (AvgIpc) is 3.16. The van der Waals surface area contributed by atoms with E-state index in [0.717, 1.165) is 22.3 Å². The number of amides is 1. The van der Waals surface area contributed by atoms with Crippen molar-refractivity contribution in [3.8, 4) is 5.75 Å². The summed E-state index contributed by atoms with van der Waals surface area (Å²) in [7, 11) is 1.31. The number of aliphatic hydroxyl groups is 1. The summed E-state index contributed by atoms with van der Waals surface area (Å²) < 4.78 is 10.6. The number of hydrogen-bond donors (Lipinski definition) is 1. The number of likely N-dealkylation sites (tertiary alicyclic amines) is 1. The maximum atomic E-state index is 13.4. The maximum Gasteiger partial charge on any atom is 0.337 e. The number of methoxy groups -OCH3 is 1. The van der Waals surface area contributed by atoms with Crippen LogP contribution in [0.5, 0.6) is 5.75 Å². The molecule has 3 aromatic carbocycles. The van der Waals surface area contributed by atoms with Gasteiger partial charge in [0.1, 0.15) is 11.5 Å². The Morgan fingerprint density at radius 2 is 1.62 bits per heavy atom. The van der Waals surface area contributed by atoms with Crippen LogP contribution in [-0.4, -0.2) is 41.4 Å². The van der Waals surface area contributed by atoms with Crippen LogP contribution in [0.15, 0.2) is 72.3 Å². The van der Waals surface area contributed by atoms with Gasteiger partial charge in [0.05, 0.1) is 30.9 Å². The number of aliphatic hydroxyl groups excluding tert-OH is 1. The lowest BCUT2D eigenvalue weighted by Gasteiger charge is -2.26. The number of aryl methyl sites for hydroxylation is 2. The molecule has 1 amide bonds. The van der Waals surface area contributed by atoms with Crippen LogP contribution in [0, 0.1) is 19.8 Å². The van der Waals surface area contributed by atoms with Gasteiger partial charge in [-0.25, -0.2) is 4.79 Å². The summed E-state index contributed by atoms with van der Waals surface area (Å²) in [6.07, 6.45) is 0. The van der Waals surface area contributed by atoms with Crippen molar-refractivity contribution in [3.63, 3.8) is 0 Å². The van der Waals surface area contributed by atoms with Gasteiger partial charge in [0.2, 0.25) is 0 Å². The smallest absolute Gasteiger partial charge is 0.337 e. The van der Waals surface area contributed by atoms with E-state index in [1.54, 1.807) is 42.5 Å². The Labute approximate surface area is 228 Å². The number of rotatable bonds is 8. The summed E-state index contributed by atoms with van der Waals surface area (Å²) in [5.74, 6) is -1.08. The molecule has 4 rings (SSSR count). The Morgan fingerprint density at radius 3 is 2.23 bits per heavy atom. The van der Waals surface area contributed by atoms with Crippen molar-refractivity contribution in [3.05, 3.63) is 106 Å². The average molecular weight is 528 g/mol. The zero-order valence-electron chi connectivity index (χ0n) is 22.9. The molecule has 1 N–H and O–H groups in total. The number of carbonyl (C=O) groups excluding carboxylic acids is 3. The van der Waals surface area contributed by atoms with Crippen LogP contribution in [0.2, 0.25) is 0 Å². The lowest BCUT2D eigenvalue weighted by atomic mass is 9.92. The number of Topliss-reactive ketones (excluding diaryl/α,β-unsaturated/α-hetero) is 1. The standard InChI is InChI=1S/C32H33NO6/c1-19(2)18-39-26-15-14-24(16-21(26)4)29(34)27-28(25-9-7-6-8-20(25)3)33(31(36)30(27)35)17-22-10-12-23(13-11-22)32(37)38-5/h6-16,19,28,34H,17-18H2,1-5H3/b29-27+. The van der Waals surface area contributed by atoms with Crippen molar-refractivity contribution in [2.45, 2.75) is 40.3 Å². The molecule has 7 heteroatoms. The molecule has 1 aliphatic rings. The Hall–Kier alpha value is -4.39. The summed E-state index contributed by atoms with van der Waals surface area (Å²) in [6, 6.07) is 18.6. The van der Waals surface area contributed by atoms with Gasteiger partial charge in [-0.1, -0.05) is 50.2 Å². The molecular formula is C32H33NO6. The highest BCUT2D eigenvalue weighted by atomic mass is 16.5. The summed E-state index contributed by atoms with van der Waals surface area (Å²) in [4.78, 5) is 40.1. The lowest BCUT2D eigenvalue weighted by molar-refractivity contribution is -0.140. The van der Waals surface area contributed by atoms with Crippen LogP contribution in [0.4, 0.5) is 0 Å². The number of ether oxygens (including phenoxy) is 2. The molecule has 0 saturated carbocycles. The molecule has 202 valence electrons. The van der Waals surface area contributed by atoms with Crippen LogP contribution in [-0.2, 0) is 20.9 Å². The predicted molar refractivity (Wildman–Crippen MR) is 148 cm³/mol. The van der Waals surface area contributed by atoms with Gasteiger partial charge in [0.25, 0.3) is 11.7 Å². The third-order valence-electron chi connectivity index (χ3n) is 6.77. The Bertz CT molecular complexity index is 1440. The van der Waals surface area contributed by atoms with Gasteiger partial charge in [0, 0.05) is 12.1 Å². The molecule has 39 heavy (non-hydrogen) atoms. The molecule has 7 nitrogen and oxygen atoms in total. The topological polar surface area (TPSA) is 93.1 Å². The largest absolute Gasteiger partial charge is 0.507 e. The van der Waals surface area contributed by atoms with Crippen molar-refractivity contribution < 1.29 is 29.0 Å². The first kappa shape index (κ1) is 27.6. The third kappa shape index (κ3) is 5.72. The highest BCUT2D eigenvalue weighted by Crippen LogP contribution is 2.41. The fourth-order valence-corrected chi connectivity index (χ4v) is 4.69. The minimum absolute atomic E-state index is 0.0377. The first-order valence-electron chi connectivity index (χ1n) is 12.9. The van der Waals surface area contributed by atoms with E-state index in [2.05, 4.69) is 13.8 Å². The van der Waals surface area contributed by atoms with Gasteiger partial charge in [-0.2, -0.15) is 0 Å². The summed E-state index contributed by atoms with van der Waals surface area (Å²) in [6.45, 7) is 8.59. The second kappa shape index (κ2) is 11.6. The fourth-order valence-electron chi connectivity index (χ4n) is 4.69. The van der Waals surface area contributed by atoms with Gasteiger partial charge < -0.3 is 19.5 Å². The first-order chi connectivity index (χ1) is 18.6. The number of hydrogen-bond acceptors (Lipinski definition) is 6. The third-order valence-corrected chi connectivity index (χ3v) is 6.77. The highest BCUT2D eigenvalue weighted by Gasteiger charge is 2.46. The van der Waals surface area contributed by atoms with Crippen molar-refractivity contribution in [1.82, 2.24) is 4.90 Å². The minimum atomic E-state index is -0.788. The van der Waals surface area contributed by atoms with E-state index >= 15 is 0 Å². The highest BCUT2D eigenvalue weighted by molar-refractivity contribution is 6.46. The van der Waals surface area contributed by atoms with Crippen molar-refractivity contribution in [2.24, 2.45) is 5.92 Å². The van der Waals surface area contributed by atoms with E-state index in [9.17, 15) is 19.5 Å².